The van der Waals surface area contributed by atoms with Gasteiger partial charge in [0.15, 0.2) is 0 Å². The molecule has 0 spiro atoms. The van der Waals surface area contributed by atoms with Gasteiger partial charge >= 0.3 is 8.56 Å². The van der Waals surface area contributed by atoms with Gasteiger partial charge in [-0.05, 0) is 25.5 Å². The fourth-order valence-electron chi connectivity index (χ4n) is 2.29. The van der Waals surface area contributed by atoms with E-state index < -0.39 is 8.56 Å². The maximum atomic E-state index is 10.1. The molecule has 0 aliphatic carbocycles. The van der Waals surface area contributed by atoms with Crippen LogP contribution in [0.2, 0.25) is 6.55 Å². The van der Waals surface area contributed by atoms with Gasteiger partial charge in [-0.25, -0.2) is 0 Å². The quantitative estimate of drug-likeness (QED) is 0.494. The molecule has 0 bridgehead atoms. The summed E-state index contributed by atoms with van der Waals surface area (Å²) in [5, 5.41) is 11.0. The van der Waals surface area contributed by atoms with E-state index in [1.54, 1.807) is 6.07 Å². The molecule has 120 valence electrons. The minimum absolute atomic E-state index is 0.289. The molecule has 0 radical (unpaired) electrons. The van der Waals surface area contributed by atoms with Crippen LogP contribution in [0.4, 0.5) is 0 Å². The van der Waals surface area contributed by atoms with Gasteiger partial charge in [-0.2, -0.15) is 0 Å². The monoisotopic (exact) mass is 310 g/mol. The number of rotatable bonds is 11. The first kappa shape index (κ1) is 18.2. The molecule has 0 fully saturated rings. The zero-order chi connectivity index (χ0) is 15.6. The van der Waals surface area contributed by atoms with E-state index in [0.717, 1.165) is 18.0 Å². The summed E-state index contributed by atoms with van der Waals surface area (Å²) in [6, 6.07) is 7.42. The third-order valence-corrected chi connectivity index (χ3v) is 6.56. The smallest absolute Gasteiger partial charge is 0.373 e. The first-order chi connectivity index (χ1) is 10.1. The maximum absolute atomic E-state index is 10.1. The lowest BCUT2D eigenvalue weighted by molar-refractivity contribution is 0.178. The second-order valence-corrected chi connectivity index (χ2v) is 8.58. The molecule has 0 saturated carbocycles. The molecule has 1 N–H and O–H groups in total. The van der Waals surface area contributed by atoms with Gasteiger partial charge in [0.25, 0.3) is 0 Å². The Morgan fingerprint density at radius 1 is 0.905 bits per heavy atom. The molecular formula is C17H30O3Si. The van der Waals surface area contributed by atoms with Crippen LogP contribution in [0.1, 0.15) is 52.4 Å². The van der Waals surface area contributed by atoms with Crippen LogP contribution in [0, 0.1) is 0 Å². The van der Waals surface area contributed by atoms with Gasteiger partial charge in [-0.1, -0.05) is 57.7 Å². The fraction of sp³-hybridized carbons (Fsp3) is 0.647. The van der Waals surface area contributed by atoms with Crippen molar-refractivity contribution in [3.05, 3.63) is 24.3 Å². The number of benzene rings is 1. The first-order valence-electron chi connectivity index (χ1n) is 8.20. The van der Waals surface area contributed by atoms with E-state index in [0.29, 0.717) is 13.2 Å². The number of hydrogen-bond donors (Lipinski definition) is 1. The van der Waals surface area contributed by atoms with Crippen LogP contribution in [0.3, 0.4) is 0 Å². The Morgan fingerprint density at radius 3 is 1.90 bits per heavy atom. The van der Waals surface area contributed by atoms with E-state index in [2.05, 4.69) is 13.8 Å². The van der Waals surface area contributed by atoms with E-state index >= 15 is 0 Å². The molecule has 0 aliphatic rings. The van der Waals surface area contributed by atoms with Crippen LogP contribution in [0.5, 0.6) is 5.75 Å². The maximum Gasteiger partial charge on any atom is 0.373 e. The predicted octanol–water partition coefficient (Wildman–Crippen LogP) is 4.08. The van der Waals surface area contributed by atoms with Crippen molar-refractivity contribution in [2.75, 3.05) is 13.2 Å². The van der Waals surface area contributed by atoms with Gasteiger partial charge < -0.3 is 14.0 Å². The Morgan fingerprint density at radius 2 is 1.43 bits per heavy atom. The largest absolute Gasteiger partial charge is 0.508 e. The van der Waals surface area contributed by atoms with Gasteiger partial charge in [0.05, 0.1) is 0 Å². The minimum atomic E-state index is -2.52. The molecule has 21 heavy (non-hydrogen) atoms. The Balaban J connectivity index is 2.70. The van der Waals surface area contributed by atoms with Crippen LogP contribution < -0.4 is 5.19 Å². The fourth-order valence-corrected chi connectivity index (χ4v) is 4.70. The van der Waals surface area contributed by atoms with Crippen molar-refractivity contribution in [2.45, 2.75) is 58.9 Å². The lowest BCUT2D eigenvalue weighted by Gasteiger charge is -2.28. The standard InChI is InChI=1S/C17H30O3Si/c1-4-6-10-14-19-21(3,20-15-11-7-5-2)17-13-9-8-12-16(17)18/h8-9,12-13,18H,4-7,10-11,14-15H2,1-3H3. The highest BCUT2D eigenvalue weighted by molar-refractivity contribution is 6.80. The van der Waals surface area contributed by atoms with Crippen molar-refractivity contribution in [3.63, 3.8) is 0 Å². The van der Waals surface area contributed by atoms with Gasteiger partial charge in [0, 0.05) is 18.4 Å². The summed E-state index contributed by atoms with van der Waals surface area (Å²) in [6.45, 7) is 7.82. The molecule has 1 rings (SSSR count). The zero-order valence-electron chi connectivity index (χ0n) is 13.7. The predicted molar refractivity (Wildman–Crippen MR) is 90.3 cm³/mol. The molecule has 4 heteroatoms. The molecular weight excluding hydrogens is 280 g/mol. The second-order valence-electron chi connectivity index (χ2n) is 5.57. The van der Waals surface area contributed by atoms with E-state index in [4.69, 9.17) is 8.85 Å². The molecule has 0 amide bonds. The van der Waals surface area contributed by atoms with Gasteiger partial charge in [-0.15, -0.1) is 0 Å². The highest BCUT2D eigenvalue weighted by atomic mass is 28.4. The molecule has 3 nitrogen and oxygen atoms in total. The number of aromatic hydroxyl groups is 1. The highest BCUT2D eigenvalue weighted by Crippen LogP contribution is 2.17. The lowest BCUT2D eigenvalue weighted by Crippen LogP contribution is -2.51. The number of phenolic OH excluding ortho intramolecular Hbond substituents is 1. The Kier molecular flexibility index (Phi) is 8.65. The molecule has 0 aliphatic heterocycles. The lowest BCUT2D eigenvalue weighted by atomic mass is 10.3. The number of hydrogen-bond acceptors (Lipinski definition) is 3. The average molecular weight is 311 g/mol. The Labute approximate surface area is 130 Å². The second kappa shape index (κ2) is 9.98. The Hall–Kier alpha value is -0.843. The highest BCUT2D eigenvalue weighted by Gasteiger charge is 2.36. The topological polar surface area (TPSA) is 38.7 Å². The van der Waals surface area contributed by atoms with E-state index in [9.17, 15) is 5.11 Å². The van der Waals surface area contributed by atoms with Crippen LogP contribution in [-0.2, 0) is 8.85 Å². The van der Waals surface area contributed by atoms with E-state index in [1.807, 2.05) is 24.7 Å². The van der Waals surface area contributed by atoms with Crippen molar-refractivity contribution in [1.82, 2.24) is 0 Å². The molecule has 0 unspecified atom stereocenters. The Bertz CT molecular complexity index is 383. The summed E-state index contributed by atoms with van der Waals surface area (Å²) >= 11 is 0. The van der Waals surface area contributed by atoms with Crippen molar-refractivity contribution >= 4 is 13.7 Å². The normalized spacial score (nSPS) is 11.8. The van der Waals surface area contributed by atoms with E-state index in [-0.39, 0.29) is 5.75 Å². The molecule has 0 heterocycles. The van der Waals surface area contributed by atoms with Crippen LogP contribution in [0.15, 0.2) is 24.3 Å². The van der Waals surface area contributed by atoms with Gasteiger partial charge in [0.1, 0.15) is 5.75 Å². The molecule has 0 atom stereocenters. The molecule has 0 aromatic heterocycles. The summed E-state index contributed by atoms with van der Waals surface area (Å²) in [6.07, 6.45) is 6.78. The third-order valence-electron chi connectivity index (χ3n) is 3.64. The van der Waals surface area contributed by atoms with Crippen molar-refractivity contribution in [1.29, 1.82) is 0 Å². The molecule has 1 aromatic carbocycles. The van der Waals surface area contributed by atoms with Gasteiger partial charge in [0.2, 0.25) is 0 Å². The summed E-state index contributed by atoms with van der Waals surface area (Å²) in [5.41, 5.74) is 0. The minimum Gasteiger partial charge on any atom is -0.508 e. The summed E-state index contributed by atoms with van der Waals surface area (Å²) in [5.74, 6) is 0.289. The van der Waals surface area contributed by atoms with Crippen molar-refractivity contribution < 1.29 is 14.0 Å². The number of unbranched alkanes of at least 4 members (excludes halogenated alkanes) is 4. The van der Waals surface area contributed by atoms with Crippen molar-refractivity contribution in [2.24, 2.45) is 0 Å². The average Bonchev–Trinajstić information content (AvgIpc) is 2.49. The number of phenols is 1. The first-order valence-corrected chi connectivity index (χ1v) is 10.5. The summed E-state index contributed by atoms with van der Waals surface area (Å²) < 4.78 is 12.3. The summed E-state index contributed by atoms with van der Waals surface area (Å²) in [4.78, 5) is 0. The summed E-state index contributed by atoms with van der Waals surface area (Å²) in [7, 11) is -2.52. The zero-order valence-corrected chi connectivity index (χ0v) is 14.7. The van der Waals surface area contributed by atoms with Crippen LogP contribution >= 0.6 is 0 Å². The SMILES string of the molecule is CCCCCO[Si](C)(OCCCCC)c1ccccc1O. The third kappa shape index (κ3) is 6.20. The van der Waals surface area contributed by atoms with Crippen molar-refractivity contribution in [3.8, 4) is 5.75 Å². The van der Waals surface area contributed by atoms with E-state index in [1.165, 1.54) is 25.7 Å². The van der Waals surface area contributed by atoms with Crippen LogP contribution in [0.25, 0.3) is 0 Å². The van der Waals surface area contributed by atoms with Crippen LogP contribution in [-0.4, -0.2) is 26.9 Å². The van der Waals surface area contributed by atoms with Gasteiger partial charge in [-0.3, -0.25) is 0 Å². The number of para-hydroxylation sites is 1. The molecule has 1 aromatic rings. The molecule has 0 saturated heterocycles.